The van der Waals surface area contributed by atoms with Crippen LogP contribution >= 0.6 is 0 Å². The van der Waals surface area contributed by atoms with Crippen molar-refractivity contribution in [1.29, 1.82) is 0 Å². The van der Waals surface area contributed by atoms with Gasteiger partial charge in [0.1, 0.15) is 6.10 Å². The predicted molar refractivity (Wildman–Crippen MR) is 160 cm³/mol. The molecule has 240 valence electrons. The van der Waals surface area contributed by atoms with Crippen LogP contribution in [-0.4, -0.2) is 91.6 Å². The number of nitrogens with zero attached hydrogens (tertiary/aromatic N) is 1. The summed E-state index contributed by atoms with van der Waals surface area (Å²) in [6.45, 7) is 6.77. The Kier molecular flexibility index (Phi) is 11.0. The third kappa shape index (κ3) is 7.37. The van der Waals surface area contributed by atoms with E-state index in [9.17, 15) is 24.3 Å². The summed E-state index contributed by atoms with van der Waals surface area (Å²) in [7, 11) is 2.95. The number of methoxy groups -OCH3 is 2. The second-order valence-corrected chi connectivity index (χ2v) is 11.8. The number of hydrogen-bond acceptors (Lipinski definition) is 10. The molecule has 0 aromatic heterocycles. The number of carbonyl (C=O) groups is 4. The molecule has 0 aromatic carbocycles. The highest BCUT2D eigenvalue weighted by Crippen LogP contribution is 2.35. The quantitative estimate of drug-likeness (QED) is 0.316. The molecular weight excluding hydrogens is 570 g/mol. The molecule has 1 aliphatic carbocycles. The normalized spacial score (nSPS) is 34.2. The van der Waals surface area contributed by atoms with Crippen molar-refractivity contribution in [2.75, 3.05) is 27.3 Å². The third-order valence-corrected chi connectivity index (χ3v) is 8.53. The molecule has 5 rings (SSSR count). The zero-order valence-corrected chi connectivity index (χ0v) is 25.9. The maximum Gasteiger partial charge on any atom is 0.405 e. The summed E-state index contributed by atoms with van der Waals surface area (Å²) in [4.78, 5) is 54.2. The maximum absolute atomic E-state index is 13.8. The molecule has 0 radical (unpaired) electrons. The van der Waals surface area contributed by atoms with Gasteiger partial charge in [-0.2, -0.15) is 0 Å². The van der Waals surface area contributed by atoms with E-state index in [2.05, 4.69) is 5.32 Å². The van der Waals surface area contributed by atoms with Crippen LogP contribution in [0.2, 0.25) is 0 Å². The first-order valence-corrected chi connectivity index (χ1v) is 15.0. The zero-order chi connectivity index (χ0) is 32.1. The van der Waals surface area contributed by atoms with E-state index in [1.165, 1.54) is 25.3 Å². The van der Waals surface area contributed by atoms with Gasteiger partial charge in [0.15, 0.2) is 12.4 Å². The Labute approximate surface area is 257 Å². The van der Waals surface area contributed by atoms with E-state index in [4.69, 9.17) is 24.7 Å². The van der Waals surface area contributed by atoms with Gasteiger partial charge in [-0.3, -0.25) is 14.4 Å². The van der Waals surface area contributed by atoms with Crippen LogP contribution in [-0.2, 0) is 33.3 Å². The van der Waals surface area contributed by atoms with Crippen molar-refractivity contribution in [3.8, 4) is 0 Å². The molecule has 0 spiro atoms. The first-order chi connectivity index (χ1) is 20.9. The minimum atomic E-state index is -1.46. The lowest BCUT2D eigenvalue weighted by Gasteiger charge is -2.39. The van der Waals surface area contributed by atoms with Crippen molar-refractivity contribution in [3.63, 3.8) is 0 Å². The fourth-order valence-corrected chi connectivity index (χ4v) is 6.30. The Hall–Kier alpha value is -3.58. The van der Waals surface area contributed by atoms with Crippen LogP contribution in [0.15, 0.2) is 58.5 Å². The molecule has 1 fully saturated rings. The first-order valence-electron chi connectivity index (χ1n) is 15.0. The zero-order valence-electron chi connectivity index (χ0n) is 25.9. The van der Waals surface area contributed by atoms with Crippen molar-refractivity contribution in [3.05, 3.63) is 58.5 Å². The van der Waals surface area contributed by atoms with Crippen molar-refractivity contribution >= 4 is 23.6 Å². The smallest absolute Gasteiger partial charge is 0.405 e. The molecule has 4 aliphatic heterocycles. The van der Waals surface area contributed by atoms with Crippen molar-refractivity contribution in [1.82, 2.24) is 10.2 Å². The van der Waals surface area contributed by atoms with Crippen molar-refractivity contribution < 1.29 is 43.2 Å². The van der Waals surface area contributed by atoms with E-state index in [0.717, 1.165) is 12.8 Å². The molecule has 3 unspecified atom stereocenters. The van der Waals surface area contributed by atoms with Gasteiger partial charge in [0, 0.05) is 56.0 Å². The van der Waals surface area contributed by atoms with Gasteiger partial charge in [0.2, 0.25) is 11.6 Å². The van der Waals surface area contributed by atoms with E-state index in [-0.39, 0.29) is 40.9 Å². The van der Waals surface area contributed by atoms with Crippen LogP contribution in [0, 0.1) is 11.8 Å². The Balaban J connectivity index is 1.78. The van der Waals surface area contributed by atoms with Crippen LogP contribution in [0.1, 0.15) is 46.5 Å². The number of primary amides is 1. The topological polar surface area (TPSA) is 167 Å². The molecule has 12 heteroatoms. The summed E-state index contributed by atoms with van der Waals surface area (Å²) < 4.78 is 22.9. The molecule has 5 aliphatic rings. The molecule has 44 heavy (non-hydrogen) atoms. The molecule has 12 nitrogen and oxygen atoms in total. The number of hydrogen-bond donors (Lipinski definition) is 3. The fourth-order valence-electron chi connectivity index (χ4n) is 6.30. The van der Waals surface area contributed by atoms with Gasteiger partial charge < -0.3 is 40.0 Å². The van der Waals surface area contributed by atoms with E-state index >= 15 is 0 Å². The van der Waals surface area contributed by atoms with Gasteiger partial charge in [-0.05, 0) is 38.5 Å². The van der Waals surface area contributed by atoms with E-state index in [0.29, 0.717) is 30.8 Å². The molecule has 1 saturated heterocycles. The summed E-state index contributed by atoms with van der Waals surface area (Å²) in [5, 5.41) is 13.7. The fraction of sp³-hybridized carbons (Fsp3) is 0.562. The number of Topliss-reactive ketones (excluding diaryl/α,β-unsaturated/α-hetero) is 1. The second-order valence-electron chi connectivity index (χ2n) is 11.8. The number of carbonyl (C=O) groups excluding carboxylic acids is 4. The first kappa shape index (κ1) is 33.3. The molecule has 0 aromatic rings. The lowest BCUT2D eigenvalue weighted by Crippen LogP contribution is -2.47. The summed E-state index contributed by atoms with van der Waals surface area (Å²) in [5.41, 5.74) is 6.56. The molecule has 7 atom stereocenters. The molecule has 2 amide bonds. The van der Waals surface area contributed by atoms with Crippen LogP contribution < -0.4 is 11.1 Å². The number of ketones is 2. The van der Waals surface area contributed by atoms with Gasteiger partial charge >= 0.3 is 6.09 Å². The highest BCUT2D eigenvalue weighted by atomic mass is 16.6. The molecule has 4 N–H and O–H groups in total. The van der Waals surface area contributed by atoms with Gasteiger partial charge in [-0.15, -0.1) is 0 Å². The standard InChI is InChI=1S/C32H43N3O9/c1-17-13-20-26(35-11-6-7-12-35)23(36)16-22(27(20)37)34-30(38)18(2)9-8-10-24(41-4)29(44-32(33)40)21-15-19(3)28(43-31(21)39)25(14-17)42-5/h8-10,15-17,19,24-25,28-29,31,39H,6-7,11-14H2,1-5H3,(H2,33,40)(H,34,38)/b10-8-,18-9+/t17-,19?,24+,25+,28?,29-,31?/m1/s1. The average Bonchev–Trinajstić information content (AvgIpc) is 3.50. The number of amides is 2. The van der Waals surface area contributed by atoms with Crippen molar-refractivity contribution in [2.24, 2.45) is 17.6 Å². The van der Waals surface area contributed by atoms with E-state index < -0.39 is 48.5 Å². The highest BCUT2D eigenvalue weighted by Gasteiger charge is 2.41. The van der Waals surface area contributed by atoms with Crippen LogP contribution in [0.3, 0.4) is 0 Å². The Morgan fingerprint density at radius 3 is 2.48 bits per heavy atom. The molecule has 0 saturated carbocycles. The number of likely N-dealkylation sites (tertiary alicyclic amines) is 1. The number of fused-ring (bicyclic) bond motifs is 10. The Morgan fingerprint density at radius 2 is 1.84 bits per heavy atom. The maximum atomic E-state index is 13.8. The van der Waals surface area contributed by atoms with Gasteiger partial charge in [-0.25, -0.2) is 4.79 Å². The van der Waals surface area contributed by atoms with Gasteiger partial charge in [0.25, 0.3) is 5.91 Å². The molecule has 4 heterocycles. The minimum absolute atomic E-state index is 0.0718. The second kappa shape index (κ2) is 14.5. The monoisotopic (exact) mass is 613 g/mol. The largest absolute Gasteiger partial charge is 0.439 e. The average molecular weight is 614 g/mol. The summed E-state index contributed by atoms with van der Waals surface area (Å²) in [6, 6.07) is 0. The number of aliphatic hydroxyl groups excluding tert-OH is 1. The van der Waals surface area contributed by atoms with Crippen LogP contribution in [0.4, 0.5) is 4.79 Å². The minimum Gasteiger partial charge on any atom is -0.439 e. The van der Waals surface area contributed by atoms with E-state index in [1.807, 2.05) is 18.7 Å². The molecule has 4 bridgehead atoms. The van der Waals surface area contributed by atoms with Crippen LogP contribution in [0.25, 0.3) is 0 Å². The molecular formula is C32H43N3O9. The summed E-state index contributed by atoms with van der Waals surface area (Å²) >= 11 is 0. The number of nitrogens with two attached hydrogens (primary N) is 1. The highest BCUT2D eigenvalue weighted by molar-refractivity contribution is 6.23. The van der Waals surface area contributed by atoms with Gasteiger partial charge in [-0.1, -0.05) is 38.2 Å². The van der Waals surface area contributed by atoms with Crippen molar-refractivity contribution in [2.45, 2.75) is 77.2 Å². The number of ether oxygens (including phenoxy) is 4. The summed E-state index contributed by atoms with van der Waals surface area (Å²) in [5.74, 6) is -1.70. The predicted octanol–water partition coefficient (Wildman–Crippen LogP) is 2.19. The third-order valence-electron chi connectivity index (χ3n) is 8.53. The van der Waals surface area contributed by atoms with E-state index in [1.54, 1.807) is 26.2 Å². The lowest BCUT2D eigenvalue weighted by molar-refractivity contribution is -0.182. The summed E-state index contributed by atoms with van der Waals surface area (Å²) in [6.07, 6.45) is 4.48. The SMILES string of the molecule is CO[C@H]1C[C@H](C)CC2=C(N3CCCC3)C(=O)C=C(NC(=O)/C(C)=C/C=C\[C@H](OC)[C@H](OC(N)=O)C3=CC(C)C1OC3O)C2=O. The number of aliphatic hydroxyl groups is 1. The number of nitrogens with one attached hydrogen (secondary N) is 1. The Morgan fingerprint density at radius 1 is 1.14 bits per heavy atom. The van der Waals surface area contributed by atoms with Gasteiger partial charge in [0.05, 0.1) is 23.6 Å². The lowest BCUT2D eigenvalue weighted by atomic mass is 9.84. The Bertz CT molecular complexity index is 1310. The number of allylic oxidation sites excluding steroid dienone is 4. The van der Waals surface area contributed by atoms with Crippen LogP contribution in [0.5, 0.6) is 0 Å². The number of rotatable bonds is 4.